The van der Waals surface area contributed by atoms with Crippen molar-refractivity contribution in [3.05, 3.63) is 27.4 Å². The number of nitrogens with two attached hydrogens (primary N) is 1. The van der Waals surface area contributed by atoms with Crippen LogP contribution in [-0.4, -0.2) is 63.9 Å². The highest BCUT2D eigenvalue weighted by Crippen LogP contribution is 2.33. The molecule has 0 radical (unpaired) electrons. The molecule has 1 rings (SSSR count). The Morgan fingerprint density at radius 3 is 2.11 bits per heavy atom. The number of hydrogen-bond acceptors (Lipinski definition) is 6. The quantitative estimate of drug-likeness (QED) is 0.198. The monoisotopic (exact) mass is 717 g/mol. The van der Waals surface area contributed by atoms with Crippen molar-refractivity contribution < 1.29 is 29.7 Å². The Bertz CT molecular complexity index is 759. The van der Waals surface area contributed by atoms with E-state index in [0.717, 1.165) is 5.01 Å². The van der Waals surface area contributed by atoms with Crippen LogP contribution < -0.4 is 11.2 Å². The van der Waals surface area contributed by atoms with Crippen molar-refractivity contribution in [2.75, 3.05) is 19.8 Å². The van der Waals surface area contributed by atoms with Crippen LogP contribution in [0.4, 0.5) is 0 Å². The third kappa shape index (κ3) is 6.09. The van der Waals surface area contributed by atoms with Crippen LogP contribution >= 0.6 is 67.8 Å². The molecular formula is C15H18I3N3O6. The number of halogens is 3. The van der Waals surface area contributed by atoms with Crippen molar-refractivity contribution in [1.82, 2.24) is 10.4 Å². The molecule has 3 amide bonds. The van der Waals surface area contributed by atoms with Gasteiger partial charge in [-0.1, -0.05) is 0 Å². The molecule has 0 spiro atoms. The molecule has 0 bridgehead atoms. The summed E-state index contributed by atoms with van der Waals surface area (Å²) < 4.78 is 1.34. The molecular weight excluding hydrogens is 699 g/mol. The Morgan fingerprint density at radius 1 is 1.11 bits per heavy atom. The van der Waals surface area contributed by atoms with Gasteiger partial charge in [-0.15, -0.1) is 0 Å². The van der Waals surface area contributed by atoms with E-state index in [-0.39, 0.29) is 30.7 Å². The summed E-state index contributed by atoms with van der Waals surface area (Å²) in [5, 5.41) is 29.0. The lowest BCUT2D eigenvalue weighted by atomic mass is 10.0. The second kappa shape index (κ2) is 11.0. The Kier molecular flexibility index (Phi) is 10.1. The Labute approximate surface area is 196 Å². The van der Waals surface area contributed by atoms with Crippen LogP contribution in [0.5, 0.6) is 0 Å². The molecule has 27 heavy (non-hydrogen) atoms. The number of carbonyl (C=O) groups is 3. The largest absolute Gasteiger partial charge is 0.396 e. The SMILES string of the molecule is CC(=O)NN(CC(O)CO)C(=O)c1c(I)c(CCO)c(I)c(C(N)=O)c1I. The fraction of sp³-hybridized carbons (Fsp3) is 0.400. The molecule has 0 saturated carbocycles. The molecule has 0 saturated heterocycles. The Balaban J connectivity index is 3.62. The lowest BCUT2D eigenvalue weighted by molar-refractivity contribution is -0.123. The zero-order valence-corrected chi connectivity index (χ0v) is 20.6. The minimum atomic E-state index is -1.27. The fourth-order valence-electron chi connectivity index (χ4n) is 2.22. The van der Waals surface area contributed by atoms with E-state index in [1.807, 2.05) is 67.8 Å². The van der Waals surface area contributed by atoms with Gasteiger partial charge in [-0.3, -0.25) is 19.8 Å². The van der Waals surface area contributed by atoms with Gasteiger partial charge in [-0.25, -0.2) is 5.01 Å². The van der Waals surface area contributed by atoms with E-state index in [0.29, 0.717) is 16.3 Å². The van der Waals surface area contributed by atoms with E-state index in [2.05, 4.69) is 5.43 Å². The number of hydrogen-bond donors (Lipinski definition) is 5. The van der Waals surface area contributed by atoms with Gasteiger partial charge < -0.3 is 21.1 Å². The van der Waals surface area contributed by atoms with Gasteiger partial charge in [0.1, 0.15) is 0 Å². The van der Waals surface area contributed by atoms with Crippen LogP contribution in [0.15, 0.2) is 0 Å². The number of carbonyl (C=O) groups excluding carboxylic acids is 3. The maximum Gasteiger partial charge on any atom is 0.274 e. The molecule has 1 aromatic carbocycles. The molecule has 150 valence electrons. The van der Waals surface area contributed by atoms with E-state index in [1.165, 1.54) is 6.92 Å². The lowest BCUT2D eigenvalue weighted by Gasteiger charge is -2.26. The highest BCUT2D eigenvalue weighted by Gasteiger charge is 2.30. The van der Waals surface area contributed by atoms with Crippen LogP contribution in [0.3, 0.4) is 0 Å². The van der Waals surface area contributed by atoms with Crippen molar-refractivity contribution in [3.63, 3.8) is 0 Å². The van der Waals surface area contributed by atoms with Crippen molar-refractivity contribution in [3.8, 4) is 0 Å². The number of nitrogens with one attached hydrogen (secondary N) is 1. The summed E-state index contributed by atoms with van der Waals surface area (Å²) in [6.45, 7) is 0.0411. The summed E-state index contributed by atoms with van der Waals surface area (Å²) in [5.41, 5.74) is 8.64. The summed E-state index contributed by atoms with van der Waals surface area (Å²) >= 11 is 5.71. The third-order valence-corrected chi connectivity index (χ3v) is 6.83. The number of aliphatic hydroxyl groups is 3. The third-order valence-electron chi connectivity index (χ3n) is 3.37. The molecule has 12 heteroatoms. The van der Waals surface area contributed by atoms with Crippen molar-refractivity contribution in [2.24, 2.45) is 5.73 Å². The zero-order chi connectivity index (χ0) is 20.9. The Morgan fingerprint density at radius 2 is 1.67 bits per heavy atom. The van der Waals surface area contributed by atoms with E-state index in [1.54, 1.807) is 0 Å². The van der Waals surface area contributed by atoms with Crippen molar-refractivity contribution in [2.45, 2.75) is 19.4 Å². The summed E-state index contributed by atoms with van der Waals surface area (Å²) in [6.07, 6.45) is -1.07. The van der Waals surface area contributed by atoms with E-state index < -0.39 is 30.4 Å². The summed E-state index contributed by atoms with van der Waals surface area (Å²) in [6, 6.07) is 0. The number of benzene rings is 1. The zero-order valence-electron chi connectivity index (χ0n) is 14.1. The summed E-state index contributed by atoms with van der Waals surface area (Å²) in [5.74, 6) is -1.95. The van der Waals surface area contributed by atoms with Crippen LogP contribution in [0.2, 0.25) is 0 Å². The van der Waals surface area contributed by atoms with Gasteiger partial charge in [0.25, 0.3) is 11.8 Å². The minimum Gasteiger partial charge on any atom is -0.396 e. The molecule has 0 aliphatic heterocycles. The predicted octanol–water partition coefficient (Wildman–Crippen LogP) is -0.0194. The normalized spacial score (nSPS) is 11.8. The van der Waals surface area contributed by atoms with Crippen LogP contribution in [0.1, 0.15) is 33.2 Å². The van der Waals surface area contributed by atoms with E-state index >= 15 is 0 Å². The summed E-state index contributed by atoms with van der Waals surface area (Å²) in [7, 11) is 0. The van der Waals surface area contributed by atoms with Gasteiger partial charge in [0.15, 0.2) is 0 Å². The first-order valence-electron chi connectivity index (χ1n) is 7.54. The highest BCUT2D eigenvalue weighted by atomic mass is 127. The number of hydrazine groups is 1. The van der Waals surface area contributed by atoms with Crippen LogP contribution in [-0.2, 0) is 11.2 Å². The van der Waals surface area contributed by atoms with Gasteiger partial charge >= 0.3 is 0 Å². The second-order valence-corrected chi connectivity index (χ2v) is 8.66. The molecule has 1 aromatic rings. The summed E-state index contributed by atoms with van der Waals surface area (Å²) in [4.78, 5) is 36.5. The molecule has 1 unspecified atom stereocenters. The van der Waals surface area contributed by atoms with Crippen LogP contribution in [0.25, 0.3) is 0 Å². The first-order valence-corrected chi connectivity index (χ1v) is 10.8. The maximum absolute atomic E-state index is 13.1. The van der Waals surface area contributed by atoms with Gasteiger partial charge in [0.2, 0.25) is 5.91 Å². The maximum atomic E-state index is 13.1. The van der Waals surface area contributed by atoms with Crippen LogP contribution in [0, 0.1) is 10.7 Å². The molecule has 0 fully saturated rings. The standard InChI is InChI=1S/C15H18I3N3O6/c1-6(24)20-21(4-7(25)5-23)15(27)10-12(17)8(2-3-22)11(16)9(13(10)18)14(19)26/h7,22-23,25H,2-5H2,1H3,(H2,19,26)(H,20,24). The smallest absolute Gasteiger partial charge is 0.274 e. The first-order chi connectivity index (χ1) is 12.6. The van der Waals surface area contributed by atoms with Gasteiger partial charge in [0, 0.05) is 24.2 Å². The van der Waals surface area contributed by atoms with Gasteiger partial charge in [0.05, 0.1) is 30.4 Å². The minimum absolute atomic E-state index is 0.118. The topological polar surface area (TPSA) is 153 Å². The molecule has 1 atom stereocenters. The van der Waals surface area contributed by atoms with Gasteiger partial charge in [-0.05, 0) is 79.8 Å². The lowest BCUT2D eigenvalue weighted by Crippen LogP contribution is -2.50. The van der Waals surface area contributed by atoms with E-state index in [4.69, 9.17) is 10.8 Å². The van der Waals surface area contributed by atoms with Gasteiger partial charge in [-0.2, -0.15) is 0 Å². The highest BCUT2D eigenvalue weighted by molar-refractivity contribution is 14.1. The van der Waals surface area contributed by atoms with Crippen molar-refractivity contribution >= 4 is 85.5 Å². The molecule has 0 heterocycles. The molecule has 0 aliphatic carbocycles. The average molecular weight is 717 g/mol. The number of amides is 3. The second-order valence-electron chi connectivity index (χ2n) is 5.43. The molecule has 0 aromatic heterocycles. The van der Waals surface area contributed by atoms with E-state index in [9.17, 15) is 24.6 Å². The average Bonchev–Trinajstić information content (AvgIpc) is 2.57. The predicted molar refractivity (Wildman–Crippen MR) is 122 cm³/mol. The van der Waals surface area contributed by atoms with Crippen molar-refractivity contribution in [1.29, 1.82) is 0 Å². The molecule has 0 aliphatic rings. The number of nitrogens with zero attached hydrogens (tertiary/aromatic N) is 1. The fourth-order valence-corrected chi connectivity index (χ4v) is 6.92. The first kappa shape index (κ1) is 24.7. The number of primary amides is 1. The number of rotatable bonds is 7. The Hall–Kier alpha value is -0.300. The molecule has 6 N–H and O–H groups in total. The number of aliphatic hydroxyl groups excluding tert-OH is 3. The molecule has 9 nitrogen and oxygen atoms in total.